The number of anilines is 1. The number of nitrogen functional groups attached to an aromatic ring is 1. The lowest BCUT2D eigenvalue weighted by Crippen LogP contribution is -2.38. The summed E-state index contributed by atoms with van der Waals surface area (Å²) in [5.41, 5.74) is 5.24. The molecule has 0 atom stereocenters. The lowest BCUT2D eigenvalue weighted by atomic mass is 10.3. The molecule has 1 aliphatic heterocycles. The van der Waals surface area contributed by atoms with Crippen molar-refractivity contribution in [3.8, 4) is 0 Å². The standard InChI is InChI=1S/C11H11F2N5O2S/c12-8-3-7(14)4-9(11(8)13)21(19,20)18-2-1-17-6-15-16-10(17)5-18/h3-4,6H,1-2,5,14H2. The fraction of sp³-hybridized carbons (Fsp3) is 0.273. The first-order chi connectivity index (χ1) is 9.89. The highest BCUT2D eigenvalue weighted by Gasteiger charge is 2.32. The van der Waals surface area contributed by atoms with E-state index in [0.29, 0.717) is 12.4 Å². The van der Waals surface area contributed by atoms with Crippen LogP contribution in [-0.4, -0.2) is 34.0 Å². The molecule has 0 radical (unpaired) electrons. The van der Waals surface area contributed by atoms with Crippen molar-refractivity contribution < 1.29 is 17.2 Å². The Morgan fingerprint density at radius 1 is 1.24 bits per heavy atom. The van der Waals surface area contributed by atoms with Gasteiger partial charge < -0.3 is 10.3 Å². The summed E-state index contributed by atoms with van der Waals surface area (Å²) in [6.45, 7) is 0.398. The van der Waals surface area contributed by atoms with Gasteiger partial charge in [0.15, 0.2) is 11.6 Å². The number of nitrogens with two attached hydrogens (primary N) is 1. The zero-order valence-electron chi connectivity index (χ0n) is 10.7. The Kier molecular flexibility index (Phi) is 3.14. The number of hydrogen-bond acceptors (Lipinski definition) is 5. The first-order valence-electron chi connectivity index (χ1n) is 6.01. The third-order valence-electron chi connectivity index (χ3n) is 3.24. The third-order valence-corrected chi connectivity index (χ3v) is 5.08. The van der Waals surface area contributed by atoms with Crippen molar-refractivity contribution in [2.75, 3.05) is 12.3 Å². The van der Waals surface area contributed by atoms with Crippen LogP contribution in [0.3, 0.4) is 0 Å². The van der Waals surface area contributed by atoms with E-state index in [4.69, 9.17) is 5.73 Å². The van der Waals surface area contributed by atoms with Gasteiger partial charge in [0, 0.05) is 18.8 Å². The van der Waals surface area contributed by atoms with E-state index < -0.39 is 26.6 Å². The van der Waals surface area contributed by atoms with Gasteiger partial charge in [-0.2, -0.15) is 4.31 Å². The van der Waals surface area contributed by atoms with Crippen molar-refractivity contribution >= 4 is 15.7 Å². The molecule has 1 aromatic carbocycles. The maximum atomic E-state index is 13.8. The number of sulfonamides is 1. The van der Waals surface area contributed by atoms with Gasteiger partial charge in [-0.15, -0.1) is 10.2 Å². The predicted octanol–water partition coefficient (Wildman–Crippen LogP) is 0.343. The van der Waals surface area contributed by atoms with Gasteiger partial charge >= 0.3 is 0 Å². The van der Waals surface area contributed by atoms with Gasteiger partial charge in [0.05, 0.1) is 6.54 Å². The second-order valence-corrected chi connectivity index (χ2v) is 6.50. The fourth-order valence-corrected chi connectivity index (χ4v) is 3.65. The summed E-state index contributed by atoms with van der Waals surface area (Å²) in [7, 11) is -4.20. The first-order valence-corrected chi connectivity index (χ1v) is 7.45. The van der Waals surface area contributed by atoms with Gasteiger partial charge in [-0.25, -0.2) is 17.2 Å². The van der Waals surface area contributed by atoms with E-state index in [2.05, 4.69) is 10.2 Å². The van der Waals surface area contributed by atoms with Crippen LogP contribution in [0.1, 0.15) is 5.82 Å². The molecule has 112 valence electrons. The largest absolute Gasteiger partial charge is 0.399 e. The SMILES string of the molecule is Nc1cc(F)c(F)c(S(=O)(=O)N2CCn3cnnc3C2)c1. The van der Waals surface area contributed by atoms with Gasteiger partial charge in [-0.3, -0.25) is 0 Å². The van der Waals surface area contributed by atoms with Crippen molar-refractivity contribution in [2.24, 2.45) is 0 Å². The number of aromatic nitrogens is 3. The number of halogens is 2. The topological polar surface area (TPSA) is 94.1 Å². The highest BCUT2D eigenvalue weighted by molar-refractivity contribution is 7.89. The van der Waals surface area contributed by atoms with E-state index >= 15 is 0 Å². The molecule has 2 heterocycles. The number of fused-ring (bicyclic) bond motifs is 1. The zero-order chi connectivity index (χ0) is 15.2. The monoisotopic (exact) mass is 315 g/mol. The van der Waals surface area contributed by atoms with Gasteiger partial charge in [0.25, 0.3) is 0 Å². The molecule has 0 saturated heterocycles. The van der Waals surface area contributed by atoms with Gasteiger partial charge in [0.1, 0.15) is 17.0 Å². The van der Waals surface area contributed by atoms with E-state index in [1.807, 2.05) is 0 Å². The normalized spacial score (nSPS) is 15.9. The van der Waals surface area contributed by atoms with Crippen LogP contribution in [0.15, 0.2) is 23.4 Å². The second-order valence-electron chi connectivity index (χ2n) is 4.59. The molecule has 0 saturated carbocycles. The van der Waals surface area contributed by atoms with Crippen LogP contribution in [0.5, 0.6) is 0 Å². The molecule has 0 fully saturated rings. The number of rotatable bonds is 2. The Balaban J connectivity index is 2.03. The van der Waals surface area contributed by atoms with Crippen molar-refractivity contribution in [3.63, 3.8) is 0 Å². The summed E-state index contributed by atoms with van der Waals surface area (Å²) < 4.78 is 54.8. The molecule has 0 aliphatic carbocycles. The Bertz CT molecular complexity index is 805. The summed E-state index contributed by atoms with van der Waals surface area (Å²) in [6.07, 6.45) is 1.49. The molecular formula is C11H11F2N5O2S. The fourth-order valence-electron chi connectivity index (χ4n) is 2.16. The van der Waals surface area contributed by atoms with Crippen molar-refractivity contribution in [1.82, 2.24) is 19.1 Å². The maximum absolute atomic E-state index is 13.8. The number of nitrogens with zero attached hydrogens (tertiary/aromatic N) is 4. The van der Waals surface area contributed by atoms with Gasteiger partial charge in [0.2, 0.25) is 10.0 Å². The molecule has 0 amide bonds. The number of hydrogen-bond donors (Lipinski definition) is 1. The van der Waals surface area contributed by atoms with Crippen molar-refractivity contribution in [2.45, 2.75) is 18.0 Å². The smallest absolute Gasteiger partial charge is 0.246 e. The Hall–Kier alpha value is -2.07. The molecule has 2 N–H and O–H groups in total. The molecule has 1 aromatic heterocycles. The lowest BCUT2D eigenvalue weighted by Gasteiger charge is -2.26. The first kappa shape index (κ1) is 13.9. The number of benzene rings is 1. The summed E-state index contributed by atoms with van der Waals surface area (Å²) in [4.78, 5) is -0.770. The highest BCUT2D eigenvalue weighted by Crippen LogP contribution is 2.26. The minimum Gasteiger partial charge on any atom is -0.399 e. The lowest BCUT2D eigenvalue weighted by molar-refractivity contribution is 0.333. The summed E-state index contributed by atoms with van der Waals surface area (Å²) in [6, 6.07) is 1.65. The van der Waals surface area contributed by atoms with Crippen LogP contribution in [0.4, 0.5) is 14.5 Å². The summed E-state index contributed by atoms with van der Waals surface area (Å²) in [5.74, 6) is -2.29. The molecule has 0 spiro atoms. The average Bonchev–Trinajstić information content (AvgIpc) is 2.89. The maximum Gasteiger partial charge on any atom is 0.246 e. The molecule has 0 bridgehead atoms. The molecule has 10 heteroatoms. The van der Waals surface area contributed by atoms with Crippen LogP contribution >= 0.6 is 0 Å². The van der Waals surface area contributed by atoms with E-state index in [9.17, 15) is 17.2 Å². The Morgan fingerprint density at radius 3 is 2.76 bits per heavy atom. The van der Waals surface area contributed by atoms with E-state index in [1.54, 1.807) is 4.57 Å². The van der Waals surface area contributed by atoms with Gasteiger partial charge in [-0.05, 0) is 12.1 Å². The molecule has 3 rings (SSSR count). The van der Waals surface area contributed by atoms with E-state index in [1.165, 1.54) is 6.33 Å². The molecule has 21 heavy (non-hydrogen) atoms. The Morgan fingerprint density at radius 2 is 2.00 bits per heavy atom. The van der Waals surface area contributed by atoms with E-state index in [-0.39, 0.29) is 18.8 Å². The minimum absolute atomic E-state index is 0.0573. The minimum atomic E-state index is -4.20. The summed E-state index contributed by atoms with van der Waals surface area (Å²) >= 11 is 0. The molecule has 7 nitrogen and oxygen atoms in total. The van der Waals surface area contributed by atoms with Crippen LogP contribution in [0.2, 0.25) is 0 Å². The quantitative estimate of drug-likeness (QED) is 0.807. The van der Waals surface area contributed by atoms with Gasteiger partial charge in [-0.1, -0.05) is 0 Å². The molecule has 1 aliphatic rings. The highest BCUT2D eigenvalue weighted by atomic mass is 32.2. The van der Waals surface area contributed by atoms with Crippen LogP contribution < -0.4 is 5.73 Å². The zero-order valence-corrected chi connectivity index (χ0v) is 11.5. The summed E-state index contributed by atoms with van der Waals surface area (Å²) in [5, 5.41) is 7.46. The molecule has 2 aromatic rings. The predicted molar refractivity (Wildman–Crippen MR) is 68.4 cm³/mol. The van der Waals surface area contributed by atoms with Crippen LogP contribution in [0, 0.1) is 11.6 Å². The third kappa shape index (κ3) is 2.25. The van der Waals surface area contributed by atoms with Crippen LogP contribution in [0.25, 0.3) is 0 Å². The molecular weight excluding hydrogens is 304 g/mol. The average molecular weight is 315 g/mol. The van der Waals surface area contributed by atoms with Crippen LogP contribution in [-0.2, 0) is 23.1 Å². The Labute approximate surface area is 119 Å². The second kappa shape index (κ2) is 4.74. The van der Waals surface area contributed by atoms with Crippen molar-refractivity contribution in [1.29, 1.82) is 0 Å². The van der Waals surface area contributed by atoms with E-state index in [0.717, 1.165) is 16.4 Å². The molecule has 0 unspecified atom stereocenters. The van der Waals surface area contributed by atoms with Crippen molar-refractivity contribution in [3.05, 3.63) is 35.9 Å².